The molecule has 0 spiro atoms. The van der Waals surface area contributed by atoms with Gasteiger partial charge in [0.1, 0.15) is 0 Å². The van der Waals surface area contributed by atoms with Crippen LogP contribution in [0.25, 0.3) is 0 Å². The first-order chi connectivity index (χ1) is 9.43. The van der Waals surface area contributed by atoms with Gasteiger partial charge in [-0.05, 0) is 47.0 Å². The minimum atomic E-state index is -3.44. The highest BCUT2D eigenvalue weighted by Gasteiger charge is 2.25. The molecule has 20 heavy (non-hydrogen) atoms. The van der Waals surface area contributed by atoms with E-state index in [1.165, 1.54) is 0 Å². The van der Waals surface area contributed by atoms with Gasteiger partial charge in [0.05, 0.1) is 4.90 Å². The fourth-order valence-electron chi connectivity index (χ4n) is 1.84. The summed E-state index contributed by atoms with van der Waals surface area (Å²) in [5.74, 6) is 0. The van der Waals surface area contributed by atoms with Gasteiger partial charge in [0.15, 0.2) is 0 Å². The van der Waals surface area contributed by atoms with Gasteiger partial charge in [-0.2, -0.15) is 4.31 Å². The zero-order chi connectivity index (χ0) is 15.2. The lowest BCUT2D eigenvalue weighted by Crippen LogP contribution is -2.33. The Bertz CT molecular complexity index is 524. The number of nitrogens with zero attached hydrogens (tertiary/aromatic N) is 1. The van der Waals surface area contributed by atoms with Gasteiger partial charge in [-0.25, -0.2) is 8.42 Å². The molecule has 114 valence electrons. The van der Waals surface area contributed by atoms with Crippen molar-refractivity contribution in [3.8, 4) is 0 Å². The van der Waals surface area contributed by atoms with Crippen LogP contribution in [0.15, 0.2) is 32.0 Å². The molecule has 1 aromatic carbocycles. The fraction of sp³-hybridized carbons (Fsp3) is 0.571. The van der Waals surface area contributed by atoms with E-state index in [9.17, 15) is 8.42 Å². The van der Waals surface area contributed by atoms with Crippen molar-refractivity contribution >= 4 is 41.9 Å². The van der Waals surface area contributed by atoms with E-state index in [1.54, 1.807) is 16.4 Å². The Kier molecular flexibility index (Phi) is 7.72. The molecule has 0 heterocycles. The first-order valence-electron chi connectivity index (χ1n) is 6.88. The number of sulfonamides is 1. The largest absolute Gasteiger partial charge is 0.244 e. The summed E-state index contributed by atoms with van der Waals surface area (Å²) in [6.07, 6.45) is 3.73. The Morgan fingerprint density at radius 2 is 1.60 bits per heavy atom. The van der Waals surface area contributed by atoms with E-state index in [0.717, 1.165) is 30.2 Å². The van der Waals surface area contributed by atoms with Crippen LogP contribution in [-0.2, 0) is 10.0 Å². The normalized spacial score (nSPS) is 12.1. The van der Waals surface area contributed by atoms with Crippen molar-refractivity contribution in [2.75, 3.05) is 13.1 Å². The van der Waals surface area contributed by atoms with Crippen molar-refractivity contribution in [2.45, 2.75) is 44.4 Å². The zero-order valence-corrected chi connectivity index (χ0v) is 15.9. The van der Waals surface area contributed by atoms with Gasteiger partial charge in [0.25, 0.3) is 0 Å². The highest BCUT2D eigenvalue weighted by Crippen LogP contribution is 2.28. The predicted molar refractivity (Wildman–Crippen MR) is 90.4 cm³/mol. The van der Waals surface area contributed by atoms with Crippen molar-refractivity contribution in [3.63, 3.8) is 0 Å². The topological polar surface area (TPSA) is 37.4 Å². The first kappa shape index (κ1) is 18.1. The highest BCUT2D eigenvalue weighted by molar-refractivity contribution is 9.11. The van der Waals surface area contributed by atoms with Crippen LogP contribution in [-0.4, -0.2) is 25.8 Å². The summed E-state index contributed by atoms with van der Waals surface area (Å²) in [7, 11) is -3.44. The molecule has 3 nitrogen and oxygen atoms in total. The second kappa shape index (κ2) is 8.51. The van der Waals surface area contributed by atoms with Crippen LogP contribution >= 0.6 is 31.9 Å². The summed E-state index contributed by atoms with van der Waals surface area (Å²) in [5, 5.41) is 0. The van der Waals surface area contributed by atoms with Crippen LogP contribution in [0.3, 0.4) is 0 Å². The lowest BCUT2D eigenvalue weighted by Gasteiger charge is -2.22. The van der Waals surface area contributed by atoms with E-state index in [2.05, 4.69) is 45.7 Å². The molecule has 6 heteroatoms. The molecule has 0 amide bonds. The van der Waals surface area contributed by atoms with Crippen LogP contribution in [0.1, 0.15) is 39.5 Å². The minimum absolute atomic E-state index is 0.332. The van der Waals surface area contributed by atoms with Crippen molar-refractivity contribution < 1.29 is 8.42 Å². The maximum absolute atomic E-state index is 12.8. The molecule has 0 fully saturated rings. The summed E-state index contributed by atoms with van der Waals surface area (Å²) in [4.78, 5) is 0.332. The fourth-order valence-corrected chi connectivity index (χ4v) is 4.82. The molecule has 0 saturated carbocycles. The minimum Gasteiger partial charge on any atom is -0.207 e. The van der Waals surface area contributed by atoms with Crippen LogP contribution in [0.4, 0.5) is 0 Å². The smallest absolute Gasteiger partial charge is 0.207 e. The molecule has 1 aromatic rings. The maximum atomic E-state index is 12.8. The molecule has 0 N–H and O–H groups in total. The second-order valence-corrected chi connectivity index (χ2v) is 8.36. The third-order valence-electron chi connectivity index (χ3n) is 3.03. The monoisotopic (exact) mass is 425 g/mol. The average molecular weight is 427 g/mol. The third kappa shape index (κ3) is 4.83. The van der Waals surface area contributed by atoms with E-state index < -0.39 is 10.0 Å². The van der Waals surface area contributed by atoms with E-state index in [4.69, 9.17) is 0 Å². The van der Waals surface area contributed by atoms with Crippen LogP contribution in [0, 0.1) is 0 Å². The van der Waals surface area contributed by atoms with Crippen molar-refractivity contribution in [1.29, 1.82) is 0 Å². The molecule has 0 unspecified atom stereocenters. The van der Waals surface area contributed by atoms with Gasteiger partial charge in [-0.3, -0.25) is 0 Å². The number of hydrogen-bond donors (Lipinski definition) is 0. The summed E-state index contributed by atoms with van der Waals surface area (Å²) in [6.45, 7) is 5.30. The molecule has 0 aliphatic rings. The van der Waals surface area contributed by atoms with Crippen LogP contribution < -0.4 is 0 Å². The molecule has 0 aliphatic carbocycles. The first-order valence-corrected chi connectivity index (χ1v) is 9.91. The zero-order valence-electron chi connectivity index (χ0n) is 11.9. The molecule has 0 atom stereocenters. The number of unbranched alkanes of at least 4 members (excludes halogenated alkanes) is 2. The standard InChI is InChI=1S/C14H21Br2NO2S/c1-3-5-9-17(10-6-4-2)20(18,19)14-11-12(15)7-8-13(14)16/h7-8,11H,3-6,9-10H2,1-2H3. The summed E-state index contributed by atoms with van der Waals surface area (Å²) in [5.41, 5.74) is 0. The van der Waals surface area contributed by atoms with E-state index in [1.807, 2.05) is 6.07 Å². The highest BCUT2D eigenvalue weighted by atomic mass is 79.9. The second-order valence-electron chi connectivity index (χ2n) is 4.69. The van der Waals surface area contributed by atoms with Gasteiger partial charge < -0.3 is 0 Å². The maximum Gasteiger partial charge on any atom is 0.244 e. The third-order valence-corrected chi connectivity index (χ3v) is 6.42. The molecule has 1 rings (SSSR count). The lowest BCUT2D eigenvalue weighted by atomic mass is 10.3. The van der Waals surface area contributed by atoms with Crippen molar-refractivity contribution in [3.05, 3.63) is 27.1 Å². The Balaban J connectivity index is 3.10. The van der Waals surface area contributed by atoms with Gasteiger partial charge in [-0.1, -0.05) is 42.6 Å². The van der Waals surface area contributed by atoms with Gasteiger partial charge in [-0.15, -0.1) is 0 Å². The summed E-state index contributed by atoms with van der Waals surface area (Å²) in [6, 6.07) is 5.24. The molecule has 0 aliphatic heterocycles. The molecule has 0 saturated heterocycles. The summed E-state index contributed by atoms with van der Waals surface area (Å²) < 4.78 is 28.6. The molecular formula is C14H21Br2NO2S. The lowest BCUT2D eigenvalue weighted by molar-refractivity contribution is 0.395. The van der Waals surface area contributed by atoms with Gasteiger partial charge in [0.2, 0.25) is 10.0 Å². The quantitative estimate of drug-likeness (QED) is 0.598. The van der Waals surface area contributed by atoms with Gasteiger partial charge >= 0.3 is 0 Å². The molecule has 0 bridgehead atoms. The Morgan fingerprint density at radius 3 is 2.10 bits per heavy atom. The summed E-state index contributed by atoms with van der Waals surface area (Å²) >= 11 is 6.68. The van der Waals surface area contributed by atoms with Gasteiger partial charge in [0, 0.05) is 22.0 Å². The molecular weight excluding hydrogens is 406 g/mol. The van der Waals surface area contributed by atoms with Crippen molar-refractivity contribution in [2.24, 2.45) is 0 Å². The molecule has 0 aromatic heterocycles. The van der Waals surface area contributed by atoms with E-state index >= 15 is 0 Å². The number of halogens is 2. The van der Waals surface area contributed by atoms with Crippen LogP contribution in [0.5, 0.6) is 0 Å². The SMILES string of the molecule is CCCCN(CCCC)S(=O)(=O)c1cc(Br)ccc1Br. The number of rotatable bonds is 8. The van der Waals surface area contributed by atoms with E-state index in [-0.39, 0.29) is 0 Å². The Labute approximate surface area is 139 Å². The Hall–Kier alpha value is 0.0900. The van der Waals surface area contributed by atoms with E-state index in [0.29, 0.717) is 22.5 Å². The number of benzene rings is 1. The predicted octanol–water partition coefficient (Wildman–Crippen LogP) is 4.80. The van der Waals surface area contributed by atoms with Crippen LogP contribution in [0.2, 0.25) is 0 Å². The molecule has 0 radical (unpaired) electrons. The average Bonchev–Trinajstić information content (AvgIpc) is 2.41. The number of hydrogen-bond acceptors (Lipinski definition) is 2. The Morgan fingerprint density at radius 1 is 1.05 bits per heavy atom. The van der Waals surface area contributed by atoms with Crippen molar-refractivity contribution in [1.82, 2.24) is 4.31 Å².